The zero-order valence-corrected chi connectivity index (χ0v) is 14.9. The van der Waals surface area contributed by atoms with Crippen LogP contribution in [0.3, 0.4) is 0 Å². The van der Waals surface area contributed by atoms with Crippen LogP contribution in [0.15, 0.2) is 24.4 Å². The predicted octanol–water partition coefficient (Wildman–Crippen LogP) is 3.03. The molecular formula is C18H25BN2O3. The molecule has 0 N–H and O–H groups in total. The summed E-state index contributed by atoms with van der Waals surface area (Å²) in [7, 11) is -0.372. The lowest BCUT2D eigenvalue weighted by Gasteiger charge is -2.32. The fraction of sp³-hybridized carbons (Fsp3) is 0.611. The first-order chi connectivity index (χ1) is 11.4. The van der Waals surface area contributed by atoms with Gasteiger partial charge in [0.25, 0.3) is 0 Å². The lowest BCUT2D eigenvalue weighted by molar-refractivity contribution is -0.0366. The monoisotopic (exact) mass is 328 g/mol. The number of benzene rings is 1. The molecule has 0 saturated carbocycles. The molecule has 128 valence electrons. The van der Waals surface area contributed by atoms with Crippen LogP contribution >= 0.6 is 0 Å². The van der Waals surface area contributed by atoms with E-state index < -0.39 is 0 Å². The molecule has 4 rings (SSSR count). The molecule has 2 saturated heterocycles. The summed E-state index contributed by atoms with van der Waals surface area (Å²) in [5.41, 5.74) is 1.42. The first-order valence-electron chi connectivity index (χ1n) is 8.82. The minimum atomic E-state index is -0.372. The van der Waals surface area contributed by atoms with E-state index in [1.807, 2.05) is 16.9 Å². The summed E-state index contributed by atoms with van der Waals surface area (Å²) >= 11 is 0. The molecule has 1 aromatic carbocycles. The quantitative estimate of drug-likeness (QED) is 0.795. The maximum absolute atomic E-state index is 6.22. The van der Waals surface area contributed by atoms with E-state index in [1.54, 1.807) is 0 Å². The van der Waals surface area contributed by atoms with Gasteiger partial charge in [-0.1, -0.05) is 12.1 Å². The summed E-state index contributed by atoms with van der Waals surface area (Å²) in [6.07, 6.45) is 5.27. The van der Waals surface area contributed by atoms with Crippen LogP contribution < -0.4 is 5.46 Å². The van der Waals surface area contributed by atoms with E-state index in [1.165, 1.54) is 6.42 Å². The molecule has 0 unspecified atom stereocenters. The first kappa shape index (κ1) is 16.1. The van der Waals surface area contributed by atoms with Crippen LogP contribution in [0.5, 0.6) is 0 Å². The van der Waals surface area contributed by atoms with Crippen molar-refractivity contribution in [2.24, 2.45) is 0 Å². The number of rotatable bonds is 2. The summed E-state index contributed by atoms with van der Waals surface area (Å²) in [5.74, 6) is 0. The van der Waals surface area contributed by atoms with Crippen LogP contribution in [0.2, 0.25) is 0 Å². The maximum atomic E-state index is 6.22. The molecule has 0 amide bonds. The normalized spacial score (nSPS) is 26.2. The SMILES string of the molecule is CC1(C)OB(c2cccc3c2cnn3[C@@H]2CCCCO2)OC1(C)C. The fourth-order valence-corrected chi connectivity index (χ4v) is 3.41. The van der Waals surface area contributed by atoms with Gasteiger partial charge in [-0.05, 0) is 58.5 Å². The third-order valence-corrected chi connectivity index (χ3v) is 5.61. The Balaban J connectivity index is 1.72. The number of aromatic nitrogens is 2. The van der Waals surface area contributed by atoms with Gasteiger partial charge in [0.2, 0.25) is 0 Å². The van der Waals surface area contributed by atoms with E-state index in [0.29, 0.717) is 0 Å². The Morgan fingerprint density at radius 2 is 1.88 bits per heavy atom. The Kier molecular flexibility index (Phi) is 3.75. The molecule has 24 heavy (non-hydrogen) atoms. The van der Waals surface area contributed by atoms with Gasteiger partial charge in [0, 0.05) is 12.0 Å². The average Bonchev–Trinajstić information content (AvgIpc) is 3.06. The molecule has 2 aliphatic heterocycles. The van der Waals surface area contributed by atoms with Gasteiger partial charge in [-0.25, -0.2) is 4.68 Å². The molecule has 1 aromatic heterocycles. The van der Waals surface area contributed by atoms with Gasteiger partial charge in [0.15, 0.2) is 6.23 Å². The second kappa shape index (κ2) is 5.58. The van der Waals surface area contributed by atoms with E-state index in [9.17, 15) is 0 Å². The van der Waals surface area contributed by atoms with Crippen LogP contribution in [0.4, 0.5) is 0 Å². The topological polar surface area (TPSA) is 45.5 Å². The van der Waals surface area contributed by atoms with Gasteiger partial charge in [0.05, 0.1) is 22.9 Å². The van der Waals surface area contributed by atoms with E-state index in [2.05, 4.69) is 44.9 Å². The van der Waals surface area contributed by atoms with Gasteiger partial charge in [-0.3, -0.25) is 0 Å². The van der Waals surface area contributed by atoms with Crippen molar-refractivity contribution in [3.8, 4) is 0 Å². The molecule has 6 heteroatoms. The minimum Gasteiger partial charge on any atom is -0.399 e. The van der Waals surface area contributed by atoms with Crippen molar-refractivity contribution in [3.63, 3.8) is 0 Å². The van der Waals surface area contributed by atoms with Crippen molar-refractivity contribution >= 4 is 23.5 Å². The summed E-state index contributed by atoms with van der Waals surface area (Å²) in [4.78, 5) is 0. The van der Waals surface area contributed by atoms with Crippen molar-refractivity contribution in [1.82, 2.24) is 9.78 Å². The highest BCUT2D eigenvalue weighted by atomic mass is 16.7. The fourth-order valence-electron chi connectivity index (χ4n) is 3.41. The number of fused-ring (bicyclic) bond motifs is 1. The van der Waals surface area contributed by atoms with Crippen molar-refractivity contribution in [1.29, 1.82) is 0 Å². The maximum Gasteiger partial charge on any atom is 0.495 e. The highest BCUT2D eigenvalue weighted by Gasteiger charge is 2.52. The molecule has 0 radical (unpaired) electrons. The summed E-state index contributed by atoms with van der Waals surface area (Å²) in [6, 6.07) is 6.21. The Hall–Kier alpha value is -1.37. The summed E-state index contributed by atoms with van der Waals surface area (Å²) in [6.45, 7) is 9.11. The minimum absolute atomic E-state index is 0.0322. The Morgan fingerprint density at radius 1 is 1.12 bits per heavy atom. The highest BCUT2D eigenvalue weighted by molar-refractivity contribution is 6.65. The Labute approximate surface area is 143 Å². The predicted molar refractivity (Wildman–Crippen MR) is 94.3 cm³/mol. The molecule has 5 nitrogen and oxygen atoms in total. The molecule has 3 heterocycles. The van der Waals surface area contributed by atoms with Crippen LogP contribution in [0.25, 0.3) is 10.9 Å². The van der Waals surface area contributed by atoms with Crippen LogP contribution in [0, 0.1) is 0 Å². The van der Waals surface area contributed by atoms with E-state index in [-0.39, 0.29) is 24.5 Å². The Morgan fingerprint density at radius 3 is 2.54 bits per heavy atom. The molecule has 2 aliphatic rings. The number of nitrogens with zero attached hydrogens (tertiary/aromatic N) is 2. The zero-order chi connectivity index (χ0) is 16.9. The van der Waals surface area contributed by atoms with Gasteiger partial charge in [-0.15, -0.1) is 0 Å². The van der Waals surface area contributed by atoms with Crippen LogP contribution in [-0.4, -0.2) is 34.7 Å². The molecule has 0 bridgehead atoms. The third-order valence-electron chi connectivity index (χ3n) is 5.61. The van der Waals surface area contributed by atoms with Crippen molar-refractivity contribution in [3.05, 3.63) is 24.4 Å². The van der Waals surface area contributed by atoms with Gasteiger partial charge in [-0.2, -0.15) is 5.10 Å². The van der Waals surface area contributed by atoms with E-state index in [0.717, 1.165) is 35.8 Å². The lowest BCUT2D eigenvalue weighted by atomic mass is 9.77. The molecule has 2 fully saturated rings. The van der Waals surface area contributed by atoms with E-state index in [4.69, 9.17) is 14.0 Å². The standard InChI is InChI=1S/C18H25BN2O3/c1-17(2)18(3,4)24-19(23-17)14-8-7-9-15-13(14)12-20-21(15)16-10-5-6-11-22-16/h7-9,12,16H,5-6,10-11H2,1-4H3/t16-/m0/s1. The average molecular weight is 328 g/mol. The summed E-state index contributed by atoms with van der Waals surface area (Å²) in [5, 5.41) is 5.68. The highest BCUT2D eigenvalue weighted by Crippen LogP contribution is 2.37. The molecule has 0 aliphatic carbocycles. The number of hydrogen-bond acceptors (Lipinski definition) is 4. The lowest BCUT2D eigenvalue weighted by Crippen LogP contribution is -2.41. The first-order valence-corrected chi connectivity index (χ1v) is 8.82. The smallest absolute Gasteiger partial charge is 0.399 e. The third kappa shape index (κ3) is 2.48. The Bertz CT molecular complexity index is 734. The summed E-state index contributed by atoms with van der Waals surface area (Å²) < 4.78 is 20.3. The molecule has 1 atom stereocenters. The van der Waals surface area contributed by atoms with Crippen molar-refractivity contribution < 1.29 is 14.0 Å². The van der Waals surface area contributed by atoms with Crippen LogP contribution in [0.1, 0.15) is 53.2 Å². The zero-order valence-electron chi connectivity index (χ0n) is 14.9. The number of ether oxygens (including phenoxy) is 1. The second-order valence-corrected chi connectivity index (χ2v) is 7.78. The van der Waals surface area contributed by atoms with Gasteiger partial charge < -0.3 is 14.0 Å². The van der Waals surface area contributed by atoms with Crippen molar-refractivity contribution in [2.75, 3.05) is 6.61 Å². The second-order valence-electron chi connectivity index (χ2n) is 7.78. The number of hydrogen-bond donors (Lipinski definition) is 0. The van der Waals surface area contributed by atoms with Gasteiger partial charge in [0.1, 0.15) is 0 Å². The molecule has 2 aromatic rings. The molecular weight excluding hydrogens is 303 g/mol. The largest absolute Gasteiger partial charge is 0.495 e. The van der Waals surface area contributed by atoms with Gasteiger partial charge >= 0.3 is 7.12 Å². The van der Waals surface area contributed by atoms with Crippen molar-refractivity contribution in [2.45, 2.75) is 64.4 Å². The molecule has 0 spiro atoms. The van der Waals surface area contributed by atoms with Crippen LogP contribution in [-0.2, 0) is 14.0 Å². The van der Waals surface area contributed by atoms with E-state index >= 15 is 0 Å².